The van der Waals surface area contributed by atoms with Crippen molar-refractivity contribution in [3.05, 3.63) is 0 Å². The van der Waals surface area contributed by atoms with Crippen molar-refractivity contribution in [1.82, 2.24) is 9.80 Å². The minimum absolute atomic E-state index is 0.722. The number of hydrogen-bond acceptors (Lipinski definition) is 2. The summed E-state index contributed by atoms with van der Waals surface area (Å²) in [5.41, 5.74) is 5.99. The standard InChI is InChI=1S/C13H26N4/c1-3-16(4-2)13(14)15-9-11-7-8-17(10-11)12-5-6-12/h11-12H,3-10H2,1-2H3,(H2,14,15). The maximum Gasteiger partial charge on any atom is 0.191 e. The highest BCUT2D eigenvalue weighted by Gasteiger charge is 2.34. The lowest BCUT2D eigenvalue weighted by Crippen LogP contribution is -2.37. The summed E-state index contributed by atoms with van der Waals surface area (Å²) in [6.07, 6.45) is 4.13. The van der Waals surface area contributed by atoms with Gasteiger partial charge in [-0.05, 0) is 45.6 Å². The third kappa shape index (κ3) is 3.35. The molecule has 2 N–H and O–H groups in total. The number of guanidine groups is 1. The molecule has 2 rings (SSSR count). The number of rotatable bonds is 5. The Hall–Kier alpha value is -0.770. The molecule has 0 amide bonds. The van der Waals surface area contributed by atoms with Crippen LogP contribution in [0.25, 0.3) is 0 Å². The molecule has 98 valence electrons. The van der Waals surface area contributed by atoms with Crippen molar-refractivity contribution in [2.24, 2.45) is 16.6 Å². The average Bonchev–Trinajstić information content (AvgIpc) is 3.08. The number of nitrogens with two attached hydrogens (primary N) is 1. The lowest BCUT2D eigenvalue weighted by Gasteiger charge is -2.20. The predicted molar refractivity (Wildman–Crippen MR) is 72.1 cm³/mol. The highest BCUT2D eigenvalue weighted by molar-refractivity contribution is 5.77. The Bertz CT molecular complexity index is 269. The Morgan fingerprint density at radius 1 is 1.29 bits per heavy atom. The Morgan fingerprint density at radius 2 is 2.00 bits per heavy atom. The summed E-state index contributed by atoms with van der Waals surface area (Å²) < 4.78 is 0. The number of aliphatic imine (C=N–C) groups is 1. The van der Waals surface area contributed by atoms with E-state index < -0.39 is 0 Å². The van der Waals surface area contributed by atoms with Gasteiger partial charge in [0.05, 0.1) is 0 Å². The molecule has 2 fully saturated rings. The van der Waals surface area contributed by atoms with E-state index in [2.05, 4.69) is 28.6 Å². The lowest BCUT2D eigenvalue weighted by molar-refractivity contribution is 0.315. The van der Waals surface area contributed by atoms with E-state index in [1.54, 1.807) is 0 Å². The van der Waals surface area contributed by atoms with Crippen molar-refractivity contribution >= 4 is 5.96 Å². The maximum absolute atomic E-state index is 5.99. The summed E-state index contributed by atoms with van der Waals surface area (Å²) in [6, 6.07) is 0.907. The SMILES string of the molecule is CCN(CC)C(N)=NCC1CCN(C2CC2)C1. The summed E-state index contributed by atoms with van der Waals surface area (Å²) in [5, 5.41) is 0. The van der Waals surface area contributed by atoms with Crippen LogP contribution >= 0.6 is 0 Å². The van der Waals surface area contributed by atoms with Gasteiger partial charge in [0.2, 0.25) is 0 Å². The van der Waals surface area contributed by atoms with Gasteiger partial charge in [0.1, 0.15) is 0 Å². The predicted octanol–water partition coefficient (Wildman–Crippen LogP) is 1.13. The molecule has 1 saturated heterocycles. The quantitative estimate of drug-likeness (QED) is 0.577. The van der Waals surface area contributed by atoms with Crippen molar-refractivity contribution < 1.29 is 0 Å². The van der Waals surface area contributed by atoms with E-state index in [9.17, 15) is 0 Å². The van der Waals surface area contributed by atoms with Crippen molar-refractivity contribution in [1.29, 1.82) is 0 Å². The smallest absolute Gasteiger partial charge is 0.191 e. The van der Waals surface area contributed by atoms with E-state index in [0.717, 1.165) is 37.6 Å². The zero-order valence-electron chi connectivity index (χ0n) is 11.2. The van der Waals surface area contributed by atoms with Crippen LogP contribution in [0.15, 0.2) is 4.99 Å². The lowest BCUT2D eigenvalue weighted by atomic mass is 10.1. The average molecular weight is 238 g/mol. The summed E-state index contributed by atoms with van der Waals surface area (Å²) in [4.78, 5) is 9.31. The molecule has 1 aliphatic carbocycles. The van der Waals surface area contributed by atoms with Gasteiger partial charge in [0.15, 0.2) is 5.96 Å². The van der Waals surface area contributed by atoms with E-state index in [4.69, 9.17) is 5.73 Å². The maximum atomic E-state index is 5.99. The summed E-state index contributed by atoms with van der Waals surface area (Å²) in [7, 11) is 0. The first kappa shape index (κ1) is 12.7. The summed E-state index contributed by atoms with van der Waals surface area (Å²) in [6.45, 7) is 9.56. The molecule has 1 unspecified atom stereocenters. The highest BCUT2D eigenvalue weighted by atomic mass is 15.2. The van der Waals surface area contributed by atoms with Gasteiger partial charge >= 0.3 is 0 Å². The van der Waals surface area contributed by atoms with Crippen LogP contribution in [0.5, 0.6) is 0 Å². The Labute approximate surface area is 105 Å². The fraction of sp³-hybridized carbons (Fsp3) is 0.923. The fourth-order valence-corrected chi connectivity index (χ4v) is 2.65. The second-order valence-electron chi connectivity index (χ2n) is 5.25. The molecule has 17 heavy (non-hydrogen) atoms. The fourth-order valence-electron chi connectivity index (χ4n) is 2.65. The molecule has 2 aliphatic rings. The zero-order chi connectivity index (χ0) is 12.3. The first-order valence-electron chi connectivity index (χ1n) is 7.03. The van der Waals surface area contributed by atoms with Gasteiger partial charge in [-0.1, -0.05) is 0 Å². The van der Waals surface area contributed by atoms with Gasteiger partial charge in [-0.25, -0.2) is 0 Å². The monoisotopic (exact) mass is 238 g/mol. The molecule has 1 aliphatic heterocycles. The summed E-state index contributed by atoms with van der Waals surface area (Å²) >= 11 is 0. The molecule has 1 atom stereocenters. The second-order valence-corrected chi connectivity index (χ2v) is 5.25. The van der Waals surface area contributed by atoms with Crippen LogP contribution < -0.4 is 5.73 Å². The largest absolute Gasteiger partial charge is 0.370 e. The van der Waals surface area contributed by atoms with Crippen LogP contribution in [0.4, 0.5) is 0 Å². The molecule has 1 heterocycles. The normalized spacial score (nSPS) is 26.5. The molecule has 4 heteroatoms. The highest BCUT2D eigenvalue weighted by Crippen LogP contribution is 2.31. The molecular weight excluding hydrogens is 212 g/mol. The van der Waals surface area contributed by atoms with Crippen molar-refractivity contribution in [2.45, 2.75) is 39.2 Å². The van der Waals surface area contributed by atoms with Crippen molar-refractivity contribution in [3.63, 3.8) is 0 Å². The molecule has 0 aromatic heterocycles. The van der Waals surface area contributed by atoms with Gasteiger partial charge in [-0.15, -0.1) is 0 Å². The minimum Gasteiger partial charge on any atom is -0.370 e. The van der Waals surface area contributed by atoms with Crippen LogP contribution in [0, 0.1) is 5.92 Å². The molecular formula is C13H26N4. The number of hydrogen-bond donors (Lipinski definition) is 1. The van der Waals surface area contributed by atoms with Gasteiger partial charge in [0, 0.05) is 32.2 Å². The number of nitrogens with zero attached hydrogens (tertiary/aromatic N) is 3. The first-order valence-corrected chi connectivity index (χ1v) is 7.03. The Morgan fingerprint density at radius 3 is 2.59 bits per heavy atom. The van der Waals surface area contributed by atoms with Gasteiger partial charge in [-0.3, -0.25) is 4.99 Å². The Balaban J connectivity index is 1.75. The van der Waals surface area contributed by atoms with Crippen LogP contribution in [0.2, 0.25) is 0 Å². The van der Waals surface area contributed by atoms with Crippen LogP contribution in [-0.2, 0) is 0 Å². The molecule has 0 spiro atoms. The molecule has 0 bridgehead atoms. The van der Waals surface area contributed by atoms with Gasteiger partial charge in [0.25, 0.3) is 0 Å². The molecule has 0 aromatic carbocycles. The van der Waals surface area contributed by atoms with Gasteiger partial charge in [-0.2, -0.15) is 0 Å². The van der Waals surface area contributed by atoms with Gasteiger partial charge < -0.3 is 15.5 Å². The van der Waals surface area contributed by atoms with E-state index in [-0.39, 0.29) is 0 Å². The van der Waals surface area contributed by atoms with E-state index >= 15 is 0 Å². The molecule has 0 radical (unpaired) electrons. The van der Waals surface area contributed by atoms with Crippen molar-refractivity contribution in [2.75, 3.05) is 32.7 Å². The van der Waals surface area contributed by atoms with E-state index in [1.807, 2.05) is 0 Å². The van der Waals surface area contributed by atoms with Crippen LogP contribution in [-0.4, -0.2) is 54.5 Å². The molecule has 4 nitrogen and oxygen atoms in total. The molecule has 1 saturated carbocycles. The van der Waals surface area contributed by atoms with Crippen LogP contribution in [0.1, 0.15) is 33.1 Å². The first-order chi connectivity index (χ1) is 8.24. The third-order valence-corrected chi connectivity index (χ3v) is 3.98. The van der Waals surface area contributed by atoms with Crippen molar-refractivity contribution in [3.8, 4) is 0 Å². The van der Waals surface area contributed by atoms with Crippen LogP contribution in [0.3, 0.4) is 0 Å². The topological polar surface area (TPSA) is 44.9 Å². The second kappa shape index (κ2) is 5.71. The summed E-state index contributed by atoms with van der Waals surface area (Å²) in [5.74, 6) is 1.45. The Kier molecular flexibility index (Phi) is 4.26. The van der Waals surface area contributed by atoms with E-state index in [0.29, 0.717) is 0 Å². The third-order valence-electron chi connectivity index (χ3n) is 3.98. The molecule has 0 aromatic rings. The number of likely N-dealkylation sites (tertiary alicyclic amines) is 1. The minimum atomic E-state index is 0.722. The van der Waals surface area contributed by atoms with E-state index in [1.165, 1.54) is 32.4 Å². The zero-order valence-corrected chi connectivity index (χ0v) is 11.2.